The molecule has 0 radical (unpaired) electrons. The maximum absolute atomic E-state index is 5.89. The molecule has 0 aliphatic carbocycles. The lowest BCUT2D eigenvalue weighted by molar-refractivity contribution is 0.232. The highest BCUT2D eigenvalue weighted by atomic mass is 35.5. The summed E-state index contributed by atoms with van der Waals surface area (Å²) < 4.78 is 5.51. The van der Waals surface area contributed by atoms with E-state index in [1.165, 1.54) is 0 Å². The van der Waals surface area contributed by atoms with Crippen LogP contribution in [-0.4, -0.2) is 28.0 Å². The van der Waals surface area contributed by atoms with Crippen molar-refractivity contribution in [2.75, 3.05) is 11.2 Å². The molecule has 1 N–H and O–H groups in total. The quantitative estimate of drug-likeness (QED) is 0.796. The van der Waals surface area contributed by atoms with E-state index in [9.17, 15) is 0 Å². The van der Waals surface area contributed by atoms with Crippen LogP contribution in [0.5, 0.6) is 5.88 Å². The Balaban J connectivity index is 2.70. The van der Waals surface area contributed by atoms with Gasteiger partial charge in [-0.15, -0.1) is 11.6 Å². The normalized spacial score (nSPS) is 12.9. The lowest BCUT2D eigenvalue weighted by Gasteiger charge is -2.19. The molecule has 1 rings (SSSR count). The summed E-state index contributed by atoms with van der Waals surface area (Å²) in [6, 6.07) is 1.90. The number of rotatable bonds is 6. The Kier molecular flexibility index (Phi) is 5.48. The minimum Gasteiger partial charge on any atom is -0.475 e. The predicted octanol–water partition coefficient (Wildman–Crippen LogP) is 2.94. The zero-order valence-electron chi connectivity index (χ0n) is 10.8. The molecule has 0 fully saturated rings. The monoisotopic (exact) mass is 257 g/mol. The standard InChI is InChI=1S/C12H20ClN3O/c1-8(2)10(7-13)15-12-14-6-5-11(16-12)17-9(3)4/h5-6,8-10H,7H2,1-4H3,(H,14,15,16). The first-order valence-corrected chi connectivity index (χ1v) is 6.38. The molecule has 1 unspecified atom stereocenters. The molecule has 1 aromatic rings. The number of hydrogen-bond acceptors (Lipinski definition) is 4. The van der Waals surface area contributed by atoms with Gasteiger partial charge in [0.15, 0.2) is 0 Å². The van der Waals surface area contributed by atoms with Crippen LogP contribution >= 0.6 is 11.6 Å². The Morgan fingerprint density at radius 3 is 2.59 bits per heavy atom. The molecule has 1 heterocycles. The van der Waals surface area contributed by atoms with Gasteiger partial charge in [-0.05, 0) is 19.8 Å². The summed E-state index contributed by atoms with van der Waals surface area (Å²) >= 11 is 5.89. The summed E-state index contributed by atoms with van der Waals surface area (Å²) in [4.78, 5) is 8.44. The van der Waals surface area contributed by atoms with Gasteiger partial charge in [-0.25, -0.2) is 4.98 Å². The number of anilines is 1. The molecule has 4 nitrogen and oxygen atoms in total. The highest BCUT2D eigenvalue weighted by molar-refractivity contribution is 6.18. The molecule has 5 heteroatoms. The van der Waals surface area contributed by atoms with E-state index in [1.54, 1.807) is 12.3 Å². The largest absolute Gasteiger partial charge is 0.475 e. The van der Waals surface area contributed by atoms with Crippen LogP contribution in [0.4, 0.5) is 5.95 Å². The highest BCUT2D eigenvalue weighted by Crippen LogP contribution is 2.14. The predicted molar refractivity (Wildman–Crippen MR) is 70.8 cm³/mol. The number of alkyl halides is 1. The van der Waals surface area contributed by atoms with Crippen molar-refractivity contribution in [2.45, 2.75) is 39.8 Å². The Bertz CT molecular complexity index is 344. The van der Waals surface area contributed by atoms with Crippen molar-refractivity contribution < 1.29 is 4.74 Å². The van der Waals surface area contributed by atoms with E-state index in [0.29, 0.717) is 23.6 Å². The van der Waals surface area contributed by atoms with Gasteiger partial charge < -0.3 is 10.1 Å². The van der Waals surface area contributed by atoms with Crippen LogP contribution in [0.2, 0.25) is 0 Å². The second-order valence-electron chi connectivity index (χ2n) is 4.53. The van der Waals surface area contributed by atoms with Crippen molar-refractivity contribution in [1.82, 2.24) is 9.97 Å². The van der Waals surface area contributed by atoms with Crippen LogP contribution in [-0.2, 0) is 0 Å². The molecule has 0 spiro atoms. The Labute approximate surface area is 108 Å². The topological polar surface area (TPSA) is 47.0 Å². The third-order valence-electron chi connectivity index (χ3n) is 2.27. The van der Waals surface area contributed by atoms with E-state index in [2.05, 4.69) is 29.1 Å². The molecule has 0 amide bonds. The van der Waals surface area contributed by atoms with Gasteiger partial charge in [0.25, 0.3) is 0 Å². The van der Waals surface area contributed by atoms with Crippen LogP contribution < -0.4 is 10.1 Å². The number of nitrogens with one attached hydrogen (secondary N) is 1. The average molecular weight is 258 g/mol. The van der Waals surface area contributed by atoms with Gasteiger partial charge in [-0.3, -0.25) is 0 Å². The van der Waals surface area contributed by atoms with Crippen LogP contribution in [0.15, 0.2) is 12.3 Å². The Morgan fingerprint density at radius 2 is 2.06 bits per heavy atom. The first-order valence-electron chi connectivity index (χ1n) is 5.85. The maximum Gasteiger partial charge on any atom is 0.226 e. The fourth-order valence-electron chi connectivity index (χ4n) is 1.27. The van der Waals surface area contributed by atoms with Crippen molar-refractivity contribution in [3.8, 4) is 5.88 Å². The first-order chi connectivity index (χ1) is 8.02. The first kappa shape index (κ1) is 14.0. The third-order valence-corrected chi connectivity index (χ3v) is 2.60. The number of hydrogen-bond donors (Lipinski definition) is 1. The summed E-state index contributed by atoms with van der Waals surface area (Å²) in [7, 11) is 0. The molecule has 0 aliphatic rings. The third kappa shape index (κ3) is 4.77. The van der Waals surface area contributed by atoms with Crippen molar-refractivity contribution >= 4 is 17.5 Å². The van der Waals surface area contributed by atoms with Gasteiger partial charge in [0, 0.05) is 24.2 Å². The van der Waals surface area contributed by atoms with Gasteiger partial charge in [0.2, 0.25) is 11.8 Å². The minimum atomic E-state index is 0.103. The van der Waals surface area contributed by atoms with Crippen LogP contribution in [0.1, 0.15) is 27.7 Å². The van der Waals surface area contributed by atoms with Gasteiger partial charge in [-0.1, -0.05) is 13.8 Å². The molecular formula is C12H20ClN3O. The summed E-state index contributed by atoms with van der Waals surface area (Å²) in [5, 5.41) is 3.21. The van der Waals surface area contributed by atoms with Crippen molar-refractivity contribution in [2.24, 2.45) is 5.92 Å². The summed E-state index contributed by atoms with van der Waals surface area (Å²) in [6.45, 7) is 8.14. The van der Waals surface area contributed by atoms with Crippen LogP contribution in [0.25, 0.3) is 0 Å². The van der Waals surface area contributed by atoms with E-state index in [0.717, 1.165) is 0 Å². The van der Waals surface area contributed by atoms with Gasteiger partial charge >= 0.3 is 0 Å². The number of nitrogens with zero attached hydrogens (tertiary/aromatic N) is 2. The highest BCUT2D eigenvalue weighted by Gasteiger charge is 2.13. The van der Waals surface area contributed by atoms with E-state index in [-0.39, 0.29) is 12.1 Å². The molecule has 1 atom stereocenters. The zero-order chi connectivity index (χ0) is 12.8. The van der Waals surface area contributed by atoms with Crippen molar-refractivity contribution in [1.29, 1.82) is 0 Å². The van der Waals surface area contributed by atoms with Gasteiger partial charge in [0.1, 0.15) is 0 Å². The number of ether oxygens (including phenoxy) is 1. The molecule has 0 bridgehead atoms. The van der Waals surface area contributed by atoms with Crippen LogP contribution in [0.3, 0.4) is 0 Å². The molecule has 0 saturated heterocycles. The van der Waals surface area contributed by atoms with E-state index >= 15 is 0 Å². The van der Waals surface area contributed by atoms with E-state index < -0.39 is 0 Å². The second-order valence-corrected chi connectivity index (χ2v) is 4.84. The van der Waals surface area contributed by atoms with Crippen molar-refractivity contribution in [3.05, 3.63) is 12.3 Å². The summed E-state index contributed by atoms with van der Waals surface area (Å²) in [5.74, 6) is 2.08. The van der Waals surface area contributed by atoms with Crippen LogP contribution in [0, 0.1) is 5.92 Å². The lowest BCUT2D eigenvalue weighted by atomic mass is 10.1. The smallest absolute Gasteiger partial charge is 0.226 e. The van der Waals surface area contributed by atoms with Crippen molar-refractivity contribution in [3.63, 3.8) is 0 Å². The molecule has 0 aliphatic heterocycles. The fraction of sp³-hybridized carbons (Fsp3) is 0.667. The van der Waals surface area contributed by atoms with Gasteiger partial charge in [-0.2, -0.15) is 4.98 Å². The van der Waals surface area contributed by atoms with Gasteiger partial charge in [0.05, 0.1) is 6.10 Å². The Morgan fingerprint density at radius 1 is 1.35 bits per heavy atom. The zero-order valence-corrected chi connectivity index (χ0v) is 11.5. The molecular weight excluding hydrogens is 238 g/mol. The Hall–Kier alpha value is -1.03. The molecule has 0 aromatic carbocycles. The number of halogens is 1. The molecule has 1 aromatic heterocycles. The molecule has 0 saturated carbocycles. The second kappa shape index (κ2) is 6.64. The SMILES string of the molecule is CC(C)Oc1ccnc(NC(CCl)C(C)C)n1. The minimum absolute atomic E-state index is 0.103. The maximum atomic E-state index is 5.89. The molecule has 17 heavy (non-hydrogen) atoms. The summed E-state index contributed by atoms with van der Waals surface area (Å²) in [5.41, 5.74) is 0. The summed E-state index contributed by atoms with van der Waals surface area (Å²) in [6.07, 6.45) is 1.78. The number of aromatic nitrogens is 2. The average Bonchev–Trinajstić information content (AvgIpc) is 2.25. The molecule has 96 valence electrons. The lowest BCUT2D eigenvalue weighted by Crippen LogP contribution is -2.28. The van der Waals surface area contributed by atoms with E-state index in [1.807, 2.05) is 13.8 Å². The fourth-order valence-corrected chi connectivity index (χ4v) is 1.70. The van der Waals surface area contributed by atoms with E-state index in [4.69, 9.17) is 16.3 Å².